The number of primary amides is 1. The molecule has 0 aliphatic heterocycles. The smallest absolute Gasteiger partial charge is 0.301 e. The molecule has 2 aromatic rings. The Morgan fingerprint density at radius 2 is 2.14 bits per heavy atom. The number of amides is 1. The van der Waals surface area contributed by atoms with Crippen LogP contribution in [0.4, 0.5) is 11.4 Å². The van der Waals surface area contributed by atoms with Gasteiger partial charge >= 0.3 is 5.69 Å². The van der Waals surface area contributed by atoms with Crippen molar-refractivity contribution in [2.24, 2.45) is 5.73 Å². The van der Waals surface area contributed by atoms with E-state index in [2.05, 4.69) is 10.3 Å². The highest BCUT2D eigenvalue weighted by molar-refractivity contribution is 5.94. The highest BCUT2D eigenvalue weighted by Gasteiger charge is 2.26. The van der Waals surface area contributed by atoms with E-state index < -0.39 is 16.4 Å². The van der Waals surface area contributed by atoms with Crippen molar-refractivity contribution in [2.45, 2.75) is 25.8 Å². The van der Waals surface area contributed by atoms with Crippen molar-refractivity contribution in [1.29, 1.82) is 0 Å². The van der Waals surface area contributed by atoms with Crippen LogP contribution in [-0.2, 0) is 4.79 Å². The van der Waals surface area contributed by atoms with Crippen LogP contribution in [0.3, 0.4) is 0 Å². The molecule has 110 valence electrons. The van der Waals surface area contributed by atoms with Gasteiger partial charge in [0.25, 0.3) is 0 Å². The van der Waals surface area contributed by atoms with Crippen LogP contribution < -0.4 is 11.1 Å². The van der Waals surface area contributed by atoms with Gasteiger partial charge in [0.2, 0.25) is 5.91 Å². The van der Waals surface area contributed by atoms with Crippen molar-refractivity contribution >= 4 is 28.2 Å². The van der Waals surface area contributed by atoms with E-state index in [0.717, 1.165) is 0 Å². The summed E-state index contributed by atoms with van der Waals surface area (Å²) in [7, 11) is 0. The summed E-state index contributed by atoms with van der Waals surface area (Å²) < 4.78 is 0. The monoisotopic (exact) mass is 288 g/mol. The van der Waals surface area contributed by atoms with Gasteiger partial charge in [0.1, 0.15) is 5.69 Å². The number of rotatable bonds is 5. The average molecular weight is 288 g/mol. The summed E-state index contributed by atoms with van der Waals surface area (Å²) in [6.45, 7) is 3.52. The van der Waals surface area contributed by atoms with Gasteiger partial charge < -0.3 is 11.1 Å². The molecule has 0 aliphatic carbocycles. The fourth-order valence-electron chi connectivity index (χ4n) is 2.28. The molecule has 0 aliphatic rings. The quantitative estimate of drug-likeness (QED) is 0.647. The lowest BCUT2D eigenvalue weighted by molar-refractivity contribution is -0.382. The van der Waals surface area contributed by atoms with E-state index in [1.54, 1.807) is 44.3 Å². The van der Waals surface area contributed by atoms with Crippen molar-refractivity contribution in [2.75, 3.05) is 5.32 Å². The van der Waals surface area contributed by atoms with E-state index in [9.17, 15) is 14.9 Å². The third-order valence-corrected chi connectivity index (χ3v) is 3.03. The summed E-state index contributed by atoms with van der Waals surface area (Å²) in [4.78, 5) is 26.1. The van der Waals surface area contributed by atoms with Gasteiger partial charge in [-0.05, 0) is 38.1 Å². The van der Waals surface area contributed by atoms with E-state index in [0.29, 0.717) is 16.6 Å². The summed E-state index contributed by atoms with van der Waals surface area (Å²) >= 11 is 0. The molecule has 0 saturated heterocycles. The number of nitrogens with zero attached hydrogens (tertiary/aromatic N) is 2. The summed E-state index contributed by atoms with van der Waals surface area (Å²) in [6.07, 6.45) is 1.64. The fourth-order valence-corrected chi connectivity index (χ4v) is 2.28. The molecule has 0 saturated carbocycles. The van der Waals surface area contributed by atoms with Crippen LogP contribution in [0.5, 0.6) is 0 Å². The third kappa shape index (κ3) is 3.25. The van der Waals surface area contributed by atoms with Crippen molar-refractivity contribution in [1.82, 2.24) is 4.98 Å². The zero-order valence-electron chi connectivity index (χ0n) is 11.8. The largest absolute Gasteiger partial charge is 0.374 e. The predicted molar refractivity (Wildman–Crippen MR) is 79.9 cm³/mol. The number of nitrogens with one attached hydrogen (secondary N) is 1. The lowest BCUT2D eigenvalue weighted by Crippen LogP contribution is -2.36. The second-order valence-electron chi connectivity index (χ2n) is 5.44. The zero-order chi connectivity index (χ0) is 15.6. The second-order valence-corrected chi connectivity index (χ2v) is 5.44. The first-order valence-corrected chi connectivity index (χ1v) is 6.39. The Morgan fingerprint density at radius 3 is 2.76 bits per heavy atom. The molecule has 0 radical (unpaired) electrons. The minimum Gasteiger partial charge on any atom is -0.374 e. The van der Waals surface area contributed by atoms with Crippen LogP contribution in [0.1, 0.15) is 20.3 Å². The molecular formula is C14H16N4O3. The predicted octanol–water partition coefficient (Wildman–Crippen LogP) is 2.21. The van der Waals surface area contributed by atoms with Crippen LogP contribution in [0.2, 0.25) is 0 Å². The zero-order valence-corrected chi connectivity index (χ0v) is 11.8. The van der Waals surface area contributed by atoms with Gasteiger partial charge in [-0.1, -0.05) is 0 Å². The Labute approximate surface area is 121 Å². The minimum absolute atomic E-state index is 0.0573. The Balaban J connectivity index is 2.51. The first kappa shape index (κ1) is 14.7. The molecule has 21 heavy (non-hydrogen) atoms. The Morgan fingerprint density at radius 1 is 1.43 bits per heavy atom. The second kappa shape index (κ2) is 5.35. The SMILES string of the molecule is CC(C)(CC(N)=O)Nc1ccc2ncccc2c1[N+](=O)[O-]. The van der Waals surface area contributed by atoms with Crippen LogP contribution in [0.15, 0.2) is 30.5 Å². The molecule has 7 heteroatoms. The number of nitro groups is 1. The van der Waals surface area contributed by atoms with E-state index in [-0.39, 0.29) is 12.1 Å². The molecule has 1 heterocycles. The molecule has 0 unspecified atom stereocenters. The normalized spacial score (nSPS) is 11.3. The van der Waals surface area contributed by atoms with E-state index in [1.807, 2.05) is 0 Å². The third-order valence-electron chi connectivity index (χ3n) is 3.03. The van der Waals surface area contributed by atoms with Gasteiger partial charge in [0.15, 0.2) is 0 Å². The van der Waals surface area contributed by atoms with Crippen LogP contribution in [0.25, 0.3) is 10.9 Å². The molecule has 1 amide bonds. The molecule has 2 rings (SSSR count). The number of anilines is 1. The van der Waals surface area contributed by atoms with Gasteiger partial charge in [-0.25, -0.2) is 0 Å². The van der Waals surface area contributed by atoms with E-state index >= 15 is 0 Å². The van der Waals surface area contributed by atoms with Crippen molar-refractivity contribution < 1.29 is 9.72 Å². The molecule has 7 nitrogen and oxygen atoms in total. The molecule has 0 atom stereocenters. The summed E-state index contributed by atoms with van der Waals surface area (Å²) in [5.41, 5.74) is 5.34. The average Bonchev–Trinajstić information content (AvgIpc) is 2.35. The fraction of sp³-hybridized carbons (Fsp3) is 0.286. The highest BCUT2D eigenvalue weighted by atomic mass is 16.6. The minimum atomic E-state index is -0.688. The lowest BCUT2D eigenvalue weighted by atomic mass is 9.99. The molecule has 0 bridgehead atoms. The molecule has 0 fully saturated rings. The number of aromatic nitrogens is 1. The number of benzene rings is 1. The summed E-state index contributed by atoms with van der Waals surface area (Å²) in [6, 6.07) is 6.58. The number of carbonyl (C=O) groups excluding carboxylic acids is 1. The first-order chi connectivity index (χ1) is 9.80. The Bertz CT molecular complexity index is 712. The van der Waals surface area contributed by atoms with Crippen molar-refractivity contribution in [3.8, 4) is 0 Å². The number of nitro benzene ring substituents is 1. The van der Waals surface area contributed by atoms with Crippen LogP contribution in [-0.4, -0.2) is 21.4 Å². The maximum atomic E-state index is 11.4. The van der Waals surface area contributed by atoms with Gasteiger partial charge in [-0.2, -0.15) is 0 Å². The number of hydrogen-bond donors (Lipinski definition) is 2. The van der Waals surface area contributed by atoms with Gasteiger partial charge in [0, 0.05) is 18.2 Å². The highest BCUT2D eigenvalue weighted by Crippen LogP contribution is 2.34. The summed E-state index contributed by atoms with van der Waals surface area (Å²) in [5, 5.41) is 14.9. The maximum Gasteiger partial charge on any atom is 0.301 e. The number of nitrogens with two attached hydrogens (primary N) is 1. The Kier molecular flexibility index (Phi) is 3.75. The van der Waals surface area contributed by atoms with Gasteiger partial charge in [0.05, 0.1) is 15.8 Å². The molecular weight excluding hydrogens is 272 g/mol. The molecule has 1 aromatic carbocycles. The van der Waals surface area contributed by atoms with Gasteiger partial charge in [-0.3, -0.25) is 19.9 Å². The number of fused-ring (bicyclic) bond motifs is 1. The molecule has 0 spiro atoms. The standard InChI is InChI=1S/C14H16N4O3/c1-14(2,8-12(15)19)17-11-6-5-10-9(4-3-7-16-10)13(11)18(20)21/h3-7,17H,8H2,1-2H3,(H2,15,19). The van der Waals surface area contributed by atoms with E-state index in [1.165, 1.54) is 0 Å². The van der Waals surface area contributed by atoms with Gasteiger partial charge in [-0.15, -0.1) is 0 Å². The number of carbonyl (C=O) groups is 1. The molecule has 3 N–H and O–H groups in total. The van der Waals surface area contributed by atoms with Crippen molar-refractivity contribution in [3.05, 3.63) is 40.6 Å². The maximum absolute atomic E-state index is 11.4. The topological polar surface area (TPSA) is 111 Å². The molecule has 1 aromatic heterocycles. The summed E-state index contributed by atoms with van der Waals surface area (Å²) in [5.74, 6) is -0.474. The van der Waals surface area contributed by atoms with Crippen LogP contribution >= 0.6 is 0 Å². The van der Waals surface area contributed by atoms with E-state index in [4.69, 9.17) is 5.73 Å². The number of pyridine rings is 1. The first-order valence-electron chi connectivity index (χ1n) is 6.39. The number of hydrogen-bond acceptors (Lipinski definition) is 5. The Hall–Kier alpha value is -2.70. The lowest BCUT2D eigenvalue weighted by Gasteiger charge is -2.26. The van der Waals surface area contributed by atoms with Crippen LogP contribution in [0, 0.1) is 10.1 Å². The van der Waals surface area contributed by atoms with Crippen molar-refractivity contribution in [3.63, 3.8) is 0 Å².